The molecule has 3 N–H and O–H groups in total. The van der Waals surface area contributed by atoms with Gasteiger partial charge < -0.3 is 34.6 Å². The van der Waals surface area contributed by atoms with Gasteiger partial charge in [0, 0.05) is 28.5 Å². The van der Waals surface area contributed by atoms with Gasteiger partial charge in [-0.15, -0.1) is 0 Å². The lowest BCUT2D eigenvalue weighted by atomic mass is 9.94. The summed E-state index contributed by atoms with van der Waals surface area (Å²) < 4.78 is 21.2. The summed E-state index contributed by atoms with van der Waals surface area (Å²) in [5.74, 6) is 0.0593. The molecule has 4 aromatic rings. The van der Waals surface area contributed by atoms with Crippen molar-refractivity contribution in [3.05, 3.63) is 84.4 Å². The van der Waals surface area contributed by atoms with E-state index < -0.39 is 17.4 Å². The third-order valence-corrected chi connectivity index (χ3v) is 6.32. The lowest BCUT2D eigenvalue weighted by molar-refractivity contribution is -0.137. The second-order valence-corrected chi connectivity index (χ2v) is 9.97. The van der Waals surface area contributed by atoms with Gasteiger partial charge in [-0.1, -0.05) is 12.1 Å². The molecular formula is C31H32N4O7. The zero-order valence-corrected chi connectivity index (χ0v) is 23.9. The normalized spacial score (nSPS) is 10.9. The Morgan fingerprint density at radius 3 is 2.12 bits per heavy atom. The van der Waals surface area contributed by atoms with Gasteiger partial charge in [0.1, 0.15) is 5.75 Å². The minimum atomic E-state index is -0.814. The van der Waals surface area contributed by atoms with E-state index in [2.05, 4.69) is 20.9 Å². The second-order valence-electron chi connectivity index (χ2n) is 9.97. The molecule has 11 nitrogen and oxygen atoms in total. The van der Waals surface area contributed by atoms with Crippen molar-refractivity contribution in [2.45, 2.75) is 25.8 Å². The van der Waals surface area contributed by atoms with Crippen LogP contribution in [0.1, 0.15) is 29.8 Å². The number of benzene rings is 3. The molecule has 1 heterocycles. The molecule has 0 bridgehead atoms. The van der Waals surface area contributed by atoms with E-state index in [0.717, 1.165) is 5.56 Å². The van der Waals surface area contributed by atoms with E-state index in [0.29, 0.717) is 51.9 Å². The van der Waals surface area contributed by atoms with E-state index in [4.69, 9.17) is 18.6 Å². The zero-order chi connectivity index (χ0) is 30.3. The number of nitrogens with one attached hydrogen (secondary N) is 3. The summed E-state index contributed by atoms with van der Waals surface area (Å²) in [5, 5.41) is 8.23. The first-order valence-corrected chi connectivity index (χ1v) is 12.9. The van der Waals surface area contributed by atoms with E-state index in [9.17, 15) is 14.4 Å². The Morgan fingerprint density at radius 2 is 1.48 bits per heavy atom. The molecule has 0 unspecified atom stereocenters. The number of carbonyl (C=O) groups excluding carboxylic acids is 3. The fraction of sp³-hybridized carbons (Fsp3) is 0.226. The van der Waals surface area contributed by atoms with E-state index in [1.165, 1.54) is 27.7 Å². The number of methoxy groups -OCH3 is 3. The molecule has 218 valence electrons. The molecule has 0 radical (unpaired) electrons. The Labute approximate surface area is 243 Å². The molecule has 0 aliphatic heterocycles. The minimum absolute atomic E-state index is 0.299. The van der Waals surface area contributed by atoms with Crippen molar-refractivity contribution in [1.82, 2.24) is 10.3 Å². The number of hydrogen-bond donors (Lipinski definition) is 3. The van der Waals surface area contributed by atoms with Gasteiger partial charge in [-0.2, -0.15) is 0 Å². The Morgan fingerprint density at radius 1 is 0.786 bits per heavy atom. The SMILES string of the molecule is COc1ccc(C(=O)Nc2ccc(CC(C)(C)NC(=O)C(=O)Nc3ccc(-c4cnco4)c(OC)c3)cc2)cc1OC. The maximum atomic E-state index is 12.7. The first kappa shape index (κ1) is 29.7. The van der Waals surface area contributed by atoms with Gasteiger partial charge in [0.15, 0.2) is 23.7 Å². The first-order chi connectivity index (χ1) is 20.1. The Hall–Kier alpha value is -5.32. The molecule has 0 atom stereocenters. The number of carbonyl (C=O) groups is 3. The Kier molecular flexibility index (Phi) is 9.11. The molecule has 0 fully saturated rings. The summed E-state index contributed by atoms with van der Waals surface area (Å²) in [6.07, 6.45) is 3.30. The predicted molar refractivity (Wildman–Crippen MR) is 157 cm³/mol. The van der Waals surface area contributed by atoms with Gasteiger partial charge in [-0.05, 0) is 68.3 Å². The monoisotopic (exact) mass is 572 g/mol. The summed E-state index contributed by atoms with van der Waals surface area (Å²) in [4.78, 5) is 42.0. The van der Waals surface area contributed by atoms with Gasteiger partial charge in [-0.25, -0.2) is 4.98 Å². The average Bonchev–Trinajstić information content (AvgIpc) is 3.52. The van der Waals surface area contributed by atoms with Crippen LogP contribution in [-0.2, 0) is 16.0 Å². The molecule has 0 aliphatic rings. The molecular weight excluding hydrogens is 540 g/mol. The number of anilines is 2. The van der Waals surface area contributed by atoms with Crippen molar-refractivity contribution < 1.29 is 33.0 Å². The van der Waals surface area contributed by atoms with Crippen LogP contribution in [0.5, 0.6) is 17.2 Å². The molecule has 3 amide bonds. The Bertz CT molecular complexity index is 1560. The fourth-order valence-corrected chi connectivity index (χ4v) is 4.31. The minimum Gasteiger partial charge on any atom is -0.496 e. The van der Waals surface area contributed by atoms with Crippen LogP contribution in [0.3, 0.4) is 0 Å². The largest absolute Gasteiger partial charge is 0.496 e. The zero-order valence-electron chi connectivity index (χ0n) is 23.9. The summed E-state index contributed by atoms with van der Waals surface area (Å²) >= 11 is 0. The summed E-state index contributed by atoms with van der Waals surface area (Å²) in [7, 11) is 4.53. The van der Waals surface area contributed by atoms with E-state index in [1.54, 1.807) is 54.7 Å². The number of ether oxygens (including phenoxy) is 3. The van der Waals surface area contributed by atoms with Crippen LogP contribution in [0, 0.1) is 0 Å². The topological polar surface area (TPSA) is 141 Å². The molecule has 3 aromatic carbocycles. The van der Waals surface area contributed by atoms with Crippen LogP contribution in [-0.4, -0.2) is 49.6 Å². The molecule has 4 rings (SSSR count). The van der Waals surface area contributed by atoms with Gasteiger partial charge in [0.25, 0.3) is 5.91 Å². The van der Waals surface area contributed by atoms with Crippen LogP contribution in [0.2, 0.25) is 0 Å². The lowest BCUT2D eigenvalue weighted by Gasteiger charge is -2.26. The molecule has 0 aliphatic carbocycles. The van der Waals surface area contributed by atoms with E-state index >= 15 is 0 Å². The molecule has 0 saturated heterocycles. The summed E-state index contributed by atoms with van der Waals surface area (Å²) in [6.45, 7) is 3.64. The molecule has 11 heteroatoms. The van der Waals surface area contributed by atoms with Crippen LogP contribution >= 0.6 is 0 Å². The van der Waals surface area contributed by atoms with Crippen molar-refractivity contribution in [2.75, 3.05) is 32.0 Å². The van der Waals surface area contributed by atoms with E-state index in [-0.39, 0.29) is 5.91 Å². The lowest BCUT2D eigenvalue weighted by Crippen LogP contribution is -2.49. The Balaban J connectivity index is 1.33. The van der Waals surface area contributed by atoms with Crippen molar-refractivity contribution in [2.24, 2.45) is 0 Å². The predicted octanol–water partition coefficient (Wildman–Crippen LogP) is 4.70. The van der Waals surface area contributed by atoms with Gasteiger partial charge >= 0.3 is 11.8 Å². The maximum Gasteiger partial charge on any atom is 0.313 e. The van der Waals surface area contributed by atoms with Gasteiger partial charge in [0.2, 0.25) is 0 Å². The van der Waals surface area contributed by atoms with Crippen LogP contribution in [0.15, 0.2) is 77.7 Å². The van der Waals surface area contributed by atoms with Gasteiger partial charge in [-0.3, -0.25) is 14.4 Å². The number of oxazole rings is 1. The molecule has 42 heavy (non-hydrogen) atoms. The number of amides is 3. The first-order valence-electron chi connectivity index (χ1n) is 12.9. The maximum absolute atomic E-state index is 12.7. The highest BCUT2D eigenvalue weighted by Crippen LogP contribution is 2.32. The third kappa shape index (κ3) is 7.25. The molecule has 0 spiro atoms. The smallest absolute Gasteiger partial charge is 0.313 e. The highest BCUT2D eigenvalue weighted by atomic mass is 16.5. The summed E-state index contributed by atoms with van der Waals surface area (Å²) in [5.41, 5.74) is 2.22. The standard InChI is InChI=1S/C31H32N4O7/c1-31(2,35-30(38)29(37)34-22-11-12-23(25(15-22)40-4)27-17-32-18-42-27)16-19-6-9-21(10-7-19)33-28(36)20-8-13-24(39-3)26(14-20)41-5/h6-15,17-18H,16H2,1-5H3,(H,33,36)(H,34,37)(H,35,38). The second kappa shape index (κ2) is 12.9. The van der Waals surface area contributed by atoms with Crippen molar-refractivity contribution in [3.8, 4) is 28.6 Å². The highest BCUT2D eigenvalue weighted by molar-refractivity contribution is 6.39. The highest BCUT2D eigenvalue weighted by Gasteiger charge is 2.25. The quantitative estimate of drug-likeness (QED) is 0.232. The van der Waals surface area contributed by atoms with Crippen LogP contribution in [0.4, 0.5) is 11.4 Å². The van der Waals surface area contributed by atoms with Crippen LogP contribution < -0.4 is 30.2 Å². The number of aromatic nitrogens is 1. The summed E-state index contributed by atoms with van der Waals surface area (Å²) in [6, 6.07) is 17.1. The van der Waals surface area contributed by atoms with Crippen molar-refractivity contribution in [1.29, 1.82) is 0 Å². The number of hydrogen-bond acceptors (Lipinski definition) is 8. The number of rotatable bonds is 10. The van der Waals surface area contributed by atoms with E-state index in [1.807, 2.05) is 26.0 Å². The van der Waals surface area contributed by atoms with Crippen molar-refractivity contribution >= 4 is 29.1 Å². The fourth-order valence-electron chi connectivity index (χ4n) is 4.31. The average molecular weight is 573 g/mol. The molecule has 1 aromatic heterocycles. The van der Waals surface area contributed by atoms with Crippen molar-refractivity contribution in [3.63, 3.8) is 0 Å². The number of nitrogens with zero attached hydrogens (tertiary/aromatic N) is 1. The van der Waals surface area contributed by atoms with Gasteiger partial charge in [0.05, 0.1) is 33.1 Å². The molecule has 0 saturated carbocycles. The third-order valence-electron chi connectivity index (χ3n) is 6.32. The van der Waals surface area contributed by atoms with Crippen LogP contribution in [0.25, 0.3) is 11.3 Å².